The van der Waals surface area contributed by atoms with Gasteiger partial charge in [0, 0.05) is 31.5 Å². The number of aromatic nitrogens is 2. The van der Waals surface area contributed by atoms with Crippen molar-refractivity contribution in [1.82, 2.24) is 20.8 Å². The average Bonchev–Trinajstić information content (AvgIpc) is 2.87. The van der Waals surface area contributed by atoms with Crippen molar-refractivity contribution >= 4 is 29.9 Å². The number of halogens is 1. The highest BCUT2D eigenvalue weighted by Crippen LogP contribution is 2.57. The molecule has 2 fully saturated rings. The van der Waals surface area contributed by atoms with E-state index in [2.05, 4.69) is 39.6 Å². The molecule has 7 nitrogen and oxygen atoms in total. The highest BCUT2D eigenvalue weighted by atomic mass is 127. The first-order valence-corrected chi connectivity index (χ1v) is 8.63. The number of hydrogen-bond acceptors (Lipinski definition) is 5. The Kier molecular flexibility index (Phi) is 6.85. The van der Waals surface area contributed by atoms with Crippen LogP contribution in [0.3, 0.4) is 0 Å². The predicted molar refractivity (Wildman–Crippen MR) is 103 cm³/mol. The average molecular weight is 449 g/mol. The van der Waals surface area contributed by atoms with E-state index in [1.165, 1.54) is 19.3 Å². The van der Waals surface area contributed by atoms with Gasteiger partial charge in [0.05, 0.1) is 6.10 Å². The Balaban J connectivity index is 0.00000208. The molecule has 0 saturated heterocycles. The second-order valence-corrected chi connectivity index (χ2v) is 6.39. The largest absolute Gasteiger partial charge is 0.378 e. The van der Waals surface area contributed by atoms with Gasteiger partial charge < -0.3 is 19.9 Å². The van der Waals surface area contributed by atoms with Crippen molar-refractivity contribution in [2.45, 2.75) is 65.1 Å². The molecule has 2 N–H and O–H groups in total. The number of nitrogens with one attached hydrogen (secondary N) is 2. The van der Waals surface area contributed by atoms with E-state index in [0.717, 1.165) is 25.5 Å². The molecule has 0 aromatic carbocycles. The number of rotatable bonds is 6. The number of nitrogens with zero attached hydrogens (tertiary/aromatic N) is 3. The summed E-state index contributed by atoms with van der Waals surface area (Å²) in [6, 6.07) is 0.442. The van der Waals surface area contributed by atoms with Gasteiger partial charge in [-0.15, -0.1) is 24.0 Å². The van der Waals surface area contributed by atoms with Crippen molar-refractivity contribution < 1.29 is 9.26 Å². The van der Waals surface area contributed by atoms with Gasteiger partial charge in [0.15, 0.2) is 11.8 Å². The first-order chi connectivity index (χ1) is 11.2. The van der Waals surface area contributed by atoms with E-state index in [9.17, 15) is 0 Å². The molecule has 24 heavy (non-hydrogen) atoms. The lowest BCUT2D eigenvalue weighted by Gasteiger charge is -2.61. The van der Waals surface area contributed by atoms with E-state index in [1.807, 2.05) is 0 Å². The van der Waals surface area contributed by atoms with Crippen molar-refractivity contribution in [3.8, 4) is 0 Å². The molecule has 2 unspecified atom stereocenters. The molecular weight excluding hydrogens is 421 g/mol. The van der Waals surface area contributed by atoms with Crippen molar-refractivity contribution in [3.05, 3.63) is 11.7 Å². The van der Waals surface area contributed by atoms with Crippen LogP contribution in [-0.4, -0.2) is 41.4 Å². The molecule has 2 saturated carbocycles. The van der Waals surface area contributed by atoms with Gasteiger partial charge in [-0.2, -0.15) is 4.98 Å². The molecule has 2 atom stereocenters. The Morgan fingerprint density at radius 3 is 2.75 bits per heavy atom. The van der Waals surface area contributed by atoms with Gasteiger partial charge in [-0.05, 0) is 33.1 Å². The van der Waals surface area contributed by atoms with Crippen molar-refractivity contribution in [2.75, 3.05) is 13.2 Å². The lowest BCUT2D eigenvalue weighted by atomic mass is 9.51. The molecule has 8 heteroatoms. The Bertz CT molecular complexity index is 558. The summed E-state index contributed by atoms with van der Waals surface area (Å²) < 4.78 is 10.9. The summed E-state index contributed by atoms with van der Waals surface area (Å²) in [7, 11) is 0. The summed E-state index contributed by atoms with van der Waals surface area (Å²) in [5.74, 6) is 2.00. The van der Waals surface area contributed by atoms with Gasteiger partial charge in [0.25, 0.3) is 0 Å². The zero-order valence-electron chi connectivity index (χ0n) is 14.7. The monoisotopic (exact) mass is 449 g/mol. The van der Waals surface area contributed by atoms with Crippen LogP contribution in [-0.2, 0) is 11.3 Å². The predicted octanol–water partition coefficient (Wildman–Crippen LogP) is 2.40. The number of aryl methyl sites for hydroxylation is 1. The molecule has 0 radical (unpaired) electrons. The van der Waals surface area contributed by atoms with Crippen LogP contribution in [0, 0.1) is 12.3 Å². The van der Waals surface area contributed by atoms with Crippen LogP contribution in [0.4, 0.5) is 0 Å². The van der Waals surface area contributed by atoms with Crippen molar-refractivity contribution in [2.24, 2.45) is 10.4 Å². The molecule has 0 aliphatic heterocycles. The van der Waals surface area contributed by atoms with E-state index in [0.29, 0.717) is 35.8 Å². The first-order valence-electron chi connectivity index (χ1n) is 8.63. The minimum atomic E-state index is 0. The molecule has 3 rings (SSSR count). The van der Waals surface area contributed by atoms with Crippen LogP contribution >= 0.6 is 24.0 Å². The highest BCUT2D eigenvalue weighted by molar-refractivity contribution is 14.0. The number of hydrogen-bond donors (Lipinski definition) is 2. The van der Waals surface area contributed by atoms with Crippen LogP contribution in [0.25, 0.3) is 0 Å². The molecule has 1 aromatic rings. The maximum atomic E-state index is 5.91. The molecular formula is C16H28IN5O2. The maximum absolute atomic E-state index is 5.91. The fraction of sp³-hybridized carbons (Fsp3) is 0.812. The van der Waals surface area contributed by atoms with Crippen LogP contribution < -0.4 is 10.6 Å². The highest BCUT2D eigenvalue weighted by Gasteiger charge is 2.59. The molecule has 1 heterocycles. The van der Waals surface area contributed by atoms with E-state index in [1.54, 1.807) is 6.92 Å². The third-order valence-corrected chi connectivity index (χ3v) is 5.04. The summed E-state index contributed by atoms with van der Waals surface area (Å²) in [5.41, 5.74) is 0.314. The SMILES string of the molecule is CCNC(=NCc1noc(C)n1)NC1CC(OCC)C12CCC2.I. The Labute approximate surface area is 160 Å². The minimum Gasteiger partial charge on any atom is -0.378 e. The summed E-state index contributed by atoms with van der Waals surface area (Å²) in [6.45, 7) is 7.97. The number of ether oxygens (including phenoxy) is 1. The smallest absolute Gasteiger partial charge is 0.223 e. The minimum absolute atomic E-state index is 0. The standard InChI is InChI=1S/C16H27N5O2.HI/c1-4-17-15(18-10-14-19-11(3)23-21-14)20-12-9-13(22-5-2)16(12)7-6-8-16;/h12-13H,4-10H2,1-3H3,(H2,17,18,20);1H. The van der Waals surface area contributed by atoms with Crippen LogP contribution in [0.1, 0.15) is 51.2 Å². The summed E-state index contributed by atoms with van der Waals surface area (Å²) >= 11 is 0. The lowest BCUT2D eigenvalue weighted by molar-refractivity contribution is -0.168. The molecule has 1 spiro atoms. The van der Waals surface area contributed by atoms with E-state index in [-0.39, 0.29) is 24.0 Å². The Morgan fingerprint density at radius 2 is 2.21 bits per heavy atom. The van der Waals surface area contributed by atoms with Gasteiger partial charge in [0.1, 0.15) is 6.54 Å². The molecule has 2 aliphatic rings. The van der Waals surface area contributed by atoms with E-state index < -0.39 is 0 Å². The molecule has 1 aromatic heterocycles. The van der Waals surface area contributed by atoms with Crippen LogP contribution in [0.5, 0.6) is 0 Å². The first kappa shape index (κ1) is 19.4. The van der Waals surface area contributed by atoms with Crippen LogP contribution in [0.15, 0.2) is 9.52 Å². The lowest BCUT2D eigenvalue weighted by Crippen LogP contribution is -2.68. The van der Waals surface area contributed by atoms with E-state index >= 15 is 0 Å². The second kappa shape index (κ2) is 8.46. The zero-order valence-corrected chi connectivity index (χ0v) is 17.0. The molecule has 136 valence electrons. The van der Waals surface area contributed by atoms with E-state index in [4.69, 9.17) is 9.26 Å². The summed E-state index contributed by atoms with van der Waals surface area (Å²) in [4.78, 5) is 8.77. The fourth-order valence-electron chi connectivity index (χ4n) is 3.68. The Hall–Kier alpha value is -0.900. The second-order valence-electron chi connectivity index (χ2n) is 6.39. The third-order valence-electron chi connectivity index (χ3n) is 5.04. The van der Waals surface area contributed by atoms with Crippen molar-refractivity contribution in [3.63, 3.8) is 0 Å². The quantitative estimate of drug-likeness (QED) is 0.394. The van der Waals surface area contributed by atoms with Crippen molar-refractivity contribution in [1.29, 1.82) is 0 Å². The topological polar surface area (TPSA) is 84.6 Å². The molecule has 0 amide bonds. The van der Waals surface area contributed by atoms with Gasteiger partial charge in [-0.3, -0.25) is 0 Å². The fourth-order valence-corrected chi connectivity index (χ4v) is 3.68. The van der Waals surface area contributed by atoms with Gasteiger partial charge >= 0.3 is 0 Å². The summed E-state index contributed by atoms with van der Waals surface area (Å²) in [5, 5.41) is 10.8. The Morgan fingerprint density at radius 1 is 1.42 bits per heavy atom. The van der Waals surface area contributed by atoms with Gasteiger partial charge in [-0.1, -0.05) is 11.6 Å². The van der Waals surface area contributed by atoms with Gasteiger partial charge in [-0.25, -0.2) is 4.99 Å². The van der Waals surface area contributed by atoms with Crippen LogP contribution in [0.2, 0.25) is 0 Å². The number of guanidine groups is 1. The third kappa shape index (κ3) is 3.84. The normalized spacial score (nSPS) is 24.7. The zero-order chi connectivity index (χ0) is 16.3. The summed E-state index contributed by atoms with van der Waals surface area (Å²) in [6.07, 6.45) is 5.26. The number of aliphatic imine (C=N–C) groups is 1. The molecule has 0 bridgehead atoms. The maximum Gasteiger partial charge on any atom is 0.223 e. The van der Waals surface area contributed by atoms with Gasteiger partial charge in [0.2, 0.25) is 5.89 Å². The molecule has 2 aliphatic carbocycles.